The van der Waals surface area contributed by atoms with Gasteiger partial charge in [-0.25, -0.2) is 22.3 Å². The maximum atomic E-state index is 12.3. The quantitative estimate of drug-likeness (QED) is 0.486. The van der Waals surface area contributed by atoms with E-state index < -0.39 is 28.5 Å². The Balaban J connectivity index is 1.63. The Labute approximate surface area is 194 Å². The Kier molecular flexibility index (Phi) is 7.06. The number of hydrogen-bond acceptors (Lipinski definition) is 6. The SMILES string of the molecule is Cc1c[nH]c(=O)n1-c1ccc(C(=O)OCC(=O)Nc2ccc(Cl)c(S(=O)(=O)N(C)C)c2)cc1. The first-order valence-corrected chi connectivity index (χ1v) is 11.4. The minimum absolute atomic E-state index is 0.00803. The number of aromatic amines is 1. The van der Waals surface area contributed by atoms with Crippen LogP contribution in [-0.4, -0.2) is 54.9 Å². The van der Waals surface area contributed by atoms with Gasteiger partial charge in [-0.05, 0) is 49.4 Å². The van der Waals surface area contributed by atoms with Crippen LogP contribution >= 0.6 is 11.6 Å². The van der Waals surface area contributed by atoms with E-state index in [-0.39, 0.29) is 26.9 Å². The lowest BCUT2D eigenvalue weighted by atomic mass is 10.2. The summed E-state index contributed by atoms with van der Waals surface area (Å²) in [6.45, 7) is 1.17. The van der Waals surface area contributed by atoms with Crippen molar-refractivity contribution >= 4 is 39.2 Å². The third kappa shape index (κ3) is 5.33. The molecule has 0 bridgehead atoms. The predicted octanol–water partition coefficient (Wildman–Crippen LogP) is 2.17. The zero-order valence-corrected chi connectivity index (χ0v) is 19.5. The zero-order chi connectivity index (χ0) is 24.3. The summed E-state index contributed by atoms with van der Waals surface area (Å²) < 4.78 is 32.1. The molecule has 0 radical (unpaired) electrons. The first-order valence-electron chi connectivity index (χ1n) is 9.57. The summed E-state index contributed by atoms with van der Waals surface area (Å²) in [5.41, 5.74) is 1.34. The number of sulfonamides is 1. The predicted molar refractivity (Wildman–Crippen MR) is 122 cm³/mol. The maximum Gasteiger partial charge on any atom is 0.338 e. The Hall–Kier alpha value is -3.41. The summed E-state index contributed by atoms with van der Waals surface area (Å²) >= 11 is 5.98. The van der Waals surface area contributed by atoms with E-state index in [1.54, 1.807) is 25.3 Å². The molecule has 0 aliphatic carbocycles. The summed E-state index contributed by atoms with van der Waals surface area (Å²) in [7, 11) is -1.09. The number of H-pyrrole nitrogens is 1. The summed E-state index contributed by atoms with van der Waals surface area (Å²) in [5, 5.41) is 2.48. The third-order valence-electron chi connectivity index (χ3n) is 4.63. The number of nitrogens with zero attached hydrogens (tertiary/aromatic N) is 2. The van der Waals surface area contributed by atoms with Gasteiger partial charge in [-0.1, -0.05) is 11.6 Å². The average Bonchev–Trinajstić information content (AvgIpc) is 3.11. The molecule has 33 heavy (non-hydrogen) atoms. The minimum atomic E-state index is -3.81. The molecule has 0 aliphatic heterocycles. The first kappa shape index (κ1) is 24.2. The van der Waals surface area contributed by atoms with Crippen LogP contribution in [0.1, 0.15) is 16.1 Å². The Morgan fingerprint density at radius 1 is 1.15 bits per heavy atom. The lowest BCUT2D eigenvalue weighted by Gasteiger charge is -2.14. The van der Waals surface area contributed by atoms with Crippen LogP contribution in [0.15, 0.2) is 58.4 Å². The van der Waals surface area contributed by atoms with Gasteiger partial charge in [0.1, 0.15) is 4.90 Å². The minimum Gasteiger partial charge on any atom is -0.452 e. The number of rotatable bonds is 7. The van der Waals surface area contributed by atoms with Crippen LogP contribution < -0.4 is 11.0 Å². The second-order valence-corrected chi connectivity index (χ2v) is 9.70. The summed E-state index contributed by atoms with van der Waals surface area (Å²) in [6, 6.07) is 10.1. The highest BCUT2D eigenvalue weighted by molar-refractivity contribution is 7.89. The Morgan fingerprint density at radius 3 is 2.39 bits per heavy atom. The van der Waals surface area contributed by atoms with Gasteiger partial charge in [0, 0.05) is 31.7 Å². The zero-order valence-electron chi connectivity index (χ0n) is 18.0. The largest absolute Gasteiger partial charge is 0.452 e. The van der Waals surface area contributed by atoms with Crippen molar-refractivity contribution in [3.63, 3.8) is 0 Å². The molecule has 1 aromatic heterocycles. The van der Waals surface area contributed by atoms with E-state index in [1.165, 1.54) is 49.0 Å². The number of nitrogens with one attached hydrogen (secondary N) is 2. The lowest BCUT2D eigenvalue weighted by Crippen LogP contribution is -2.23. The number of anilines is 1. The van der Waals surface area contributed by atoms with Crippen LogP contribution in [-0.2, 0) is 19.6 Å². The number of carbonyl (C=O) groups is 2. The highest BCUT2D eigenvalue weighted by atomic mass is 35.5. The molecule has 2 aromatic carbocycles. The number of aromatic nitrogens is 2. The molecule has 174 valence electrons. The fourth-order valence-corrected chi connectivity index (χ4v) is 4.30. The molecule has 3 rings (SSSR count). The molecule has 0 spiro atoms. The molecular formula is C21H21ClN4O6S. The molecule has 0 unspecified atom stereocenters. The third-order valence-corrected chi connectivity index (χ3v) is 6.93. The number of benzene rings is 2. The van der Waals surface area contributed by atoms with Crippen LogP contribution in [0, 0.1) is 6.92 Å². The summed E-state index contributed by atoms with van der Waals surface area (Å²) in [5.74, 6) is -1.40. The van der Waals surface area contributed by atoms with Gasteiger partial charge in [-0.2, -0.15) is 0 Å². The number of esters is 1. The van der Waals surface area contributed by atoms with Crippen molar-refractivity contribution in [1.82, 2.24) is 13.9 Å². The molecule has 0 aliphatic rings. The highest BCUT2D eigenvalue weighted by Gasteiger charge is 2.21. The van der Waals surface area contributed by atoms with Crippen LogP contribution in [0.25, 0.3) is 5.69 Å². The monoisotopic (exact) mass is 492 g/mol. The Bertz CT molecular complexity index is 1360. The van der Waals surface area contributed by atoms with Crippen molar-refractivity contribution in [3.8, 4) is 5.69 Å². The number of amides is 1. The fraction of sp³-hybridized carbons (Fsp3) is 0.190. The van der Waals surface area contributed by atoms with Gasteiger partial charge >= 0.3 is 11.7 Å². The van der Waals surface area contributed by atoms with Crippen LogP contribution in [0.2, 0.25) is 5.02 Å². The molecule has 2 N–H and O–H groups in total. The number of imidazole rings is 1. The summed E-state index contributed by atoms with van der Waals surface area (Å²) in [4.78, 5) is 38.7. The normalized spacial score (nSPS) is 11.4. The van der Waals surface area contributed by atoms with Crippen molar-refractivity contribution < 1.29 is 22.7 Å². The van der Waals surface area contributed by atoms with E-state index >= 15 is 0 Å². The van der Waals surface area contributed by atoms with Crippen LogP contribution in [0.3, 0.4) is 0 Å². The molecule has 0 fully saturated rings. The number of ether oxygens (including phenoxy) is 1. The topological polar surface area (TPSA) is 131 Å². The van der Waals surface area contributed by atoms with Gasteiger partial charge < -0.3 is 15.0 Å². The van der Waals surface area contributed by atoms with Gasteiger partial charge in [0.05, 0.1) is 16.3 Å². The highest BCUT2D eigenvalue weighted by Crippen LogP contribution is 2.26. The molecular weight excluding hydrogens is 472 g/mol. The van der Waals surface area contributed by atoms with Crippen molar-refractivity contribution in [2.75, 3.05) is 26.0 Å². The van der Waals surface area contributed by atoms with Crippen LogP contribution in [0.5, 0.6) is 0 Å². The van der Waals surface area contributed by atoms with Gasteiger partial charge in [0.2, 0.25) is 10.0 Å². The number of aryl methyl sites for hydroxylation is 1. The molecule has 3 aromatic rings. The fourth-order valence-electron chi connectivity index (χ4n) is 2.91. The number of carbonyl (C=O) groups excluding carboxylic acids is 2. The molecule has 1 heterocycles. The van der Waals surface area contributed by atoms with Crippen molar-refractivity contribution in [1.29, 1.82) is 0 Å². The van der Waals surface area contributed by atoms with Gasteiger partial charge in [-0.15, -0.1) is 0 Å². The smallest absolute Gasteiger partial charge is 0.338 e. The van der Waals surface area contributed by atoms with E-state index in [0.717, 1.165) is 4.31 Å². The second-order valence-electron chi connectivity index (χ2n) is 7.17. The molecule has 10 nitrogen and oxygen atoms in total. The maximum absolute atomic E-state index is 12.3. The molecule has 0 saturated heterocycles. The molecule has 12 heteroatoms. The first-order chi connectivity index (χ1) is 15.5. The van der Waals surface area contributed by atoms with E-state index in [9.17, 15) is 22.8 Å². The van der Waals surface area contributed by atoms with Crippen molar-refractivity contribution in [2.45, 2.75) is 11.8 Å². The summed E-state index contributed by atoms with van der Waals surface area (Å²) in [6.07, 6.45) is 1.57. The Morgan fingerprint density at radius 2 is 1.82 bits per heavy atom. The molecule has 0 saturated carbocycles. The van der Waals surface area contributed by atoms with Crippen LogP contribution in [0.4, 0.5) is 5.69 Å². The number of halogens is 1. The van der Waals surface area contributed by atoms with E-state index in [0.29, 0.717) is 11.4 Å². The average molecular weight is 493 g/mol. The number of hydrogen-bond donors (Lipinski definition) is 2. The van der Waals surface area contributed by atoms with Crippen molar-refractivity contribution in [2.24, 2.45) is 0 Å². The second kappa shape index (κ2) is 9.61. The molecule has 1 amide bonds. The van der Waals surface area contributed by atoms with Gasteiger partial charge in [0.25, 0.3) is 5.91 Å². The van der Waals surface area contributed by atoms with E-state index in [1.807, 2.05) is 0 Å². The van der Waals surface area contributed by atoms with E-state index in [4.69, 9.17) is 16.3 Å². The van der Waals surface area contributed by atoms with Gasteiger partial charge in [-0.3, -0.25) is 9.36 Å². The standard InChI is InChI=1S/C21H21ClN4O6S/c1-13-11-23-21(29)26(13)16-7-4-14(5-8-16)20(28)32-12-19(27)24-15-6-9-17(22)18(10-15)33(30,31)25(2)3/h4-11H,12H2,1-3H3,(H,23,29)(H,24,27). The van der Waals surface area contributed by atoms with E-state index in [2.05, 4.69) is 10.3 Å². The lowest BCUT2D eigenvalue weighted by molar-refractivity contribution is -0.119. The molecule has 0 atom stereocenters. The van der Waals surface area contributed by atoms with Crippen molar-refractivity contribution in [3.05, 3.63) is 75.4 Å². The van der Waals surface area contributed by atoms with Gasteiger partial charge in [0.15, 0.2) is 6.61 Å².